The molecule has 0 aliphatic carbocycles. The molecule has 0 fully saturated rings. The van der Waals surface area contributed by atoms with Gasteiger partial charge in [-0.25, -0.2) is 13.2 Å². The molecule has 0 unspecified atom stereocenters. The average molecular weight is 431 g/mol. The Morgan fingerprint density at radius 3 is 2.43 bits per heavy atom. The normalized spacial score (nSPS) is 13.1. The van der Waals surface area contributed by atoms with Crippen LogP contribution in [0.3, 0.4) is 0 Å². The lowest BCUT2D eigenvalue weighted by Gasteiger charge is -2.18. The first kappa shape index (κ1) is 21.8. The number of carbonyl (C=O) groups excluding carboxylic acids is 2. The van der Waals surface area contributed by atoms with Gasteiger partial charge in [0.25, 0.3) is 5.91 Å². The van der Waals surface area contributed by atoms with Crippen molar-refractivity contribution in [2.75, 3.05) is 28.5 Å². The van der Waals surface area contributed by atoms with Gasteiger partial charge in [0.05, 0.1) is 23.6 Å². The molecule has 160 valence electrons. The monoisotopic (exact) mass is 430 g/mol. The molecule has 1 amide bonds. The third-order valence-corrected chi connectivity index (χ3v) is 6.79. The van der Waals surface area contributed by atoms with Crippen LogP contribution in [0, 0.1) is 0 Å². The second-order valence-electron chi connectivity index (χ2n) is 7.09. The summed E-state index contributed by atoms with van der Waals surface area (Å²) >= 11 is 0. The van der Waals surface area contributed by atoms with Gasteiger partial charge in [-0.1, -0.05) is 13.3 Å². The minimum absolute atomic E-state index is 0.0385. The maximum Gasteiger partial charge on any atom is 0.338 e. The summed E-state index contributed by atoms with van der Waals surface area (Å²) in [5, 5.41) is 2.80. The molecule has 0 atom stereocenters. The van der Waals surface area contributed by atoms with E-state index in [1.54, 1.807) is 49.4 Å². The molecular formula is C22H26N2O5S. The molecule has 0 bridgehead atoms. The minimum Gasteiger partial charge on any atom is -0.462 e. The SMILES string of the molecule is CCCCOC(=O)c1ccc(NC(=O)c2ccc3c(c2)CCN3S(=O)(=O)CC)cc1. The molecule has 1 heterocycles. The number of amides is 1. The molecule has 2 aromatic rings. The Morgan fingerprint density at radius 2 is 1.77 bits per heavy atom. The zero-order chi connectivity index (χ0) is 21.7. The molecule has 1 N–H and O–H groups in total. The Labute approximate surface area is 177 Å². The number of unbranched alkanes of at least 4 members (excludes halogenated alkanes) is 1. The topological polar surface area (TPSA) is 92.8 Å². The molecule has 1 aliphatic heterocycles. The van der Waals surface area contributed by atoms with Crippen molar-refractivity contribution in [1.82, 2.24) is 0 Å². The predicted molar refractivity (Wildman–Crippen MR) is 117 cm³/mol. The maximum absolute atomic E-state index is 12.6. The molecule has 30 heavy (non-hydrogen) atoms. The lowest BCUT2D eigenvalue weighted by atomic mass is 10.1. The Kier molecular flexibility index (Phi) is 6.77. The number of fused-ring (bicyclic) bond motifs is 1. The van der Waals surface area contributed by atoms with Gasteiger partial charge >= 0.3 is 5.97 Å². The number of anilines is 2. The molecule has 0 spiro atoms. The fourth-order valence-electron chi connectivity index (χ4n) is 3.24. The van der Waals surface area contributed by atoms with Gasteiger partial charge in [-0.2, -0.15) is 0 Å². The van der Waals surface area contributed by atoms with Crippen LogP contribution in [0.5, 0.6) is 0 Å². The largest absolute Gasteiger partial charge is 0.462 e. The van der Waals surface area contributed by atoms with E-state index in [2.05, 4.69) is 5.32 Å². The second kappa shape index (κ2) is 9.30. The van der Waals surface area contributed by atoms with Gasteiger partial charge in [-0.15, -0.1) is 0 Å². The molecule has 0 radical (unpaired) electrons. The minimum atomic E-state index is -3.32. The Morgan fingerprint density at radius 1 is 1.07 bits per heavy atom. The zero-order valence-corrected chi connectivity index (χ0v) is 18.0. The highest BCUT2D eigenvalue weighted by Gasteiger charge is 2.28. The maximum atomic E-state index is 12.6. The van der Waals surface area contributed by atoms with Crippen molar-refractivity contribution in [2.45, 2.75) is 33.1 Å². The summed E-state index contributed by atoms with van der Waals surface area (Å²) in [6.07, 6.45) is 2.35. The highest BCUT2D eigenvalue weighted by Crippen LogP contribution is 2.31. The van der Waals surface area contributed by atoms with E-state index in [9.17, 15) is 18.0 Å². The fourth-order valence-corrected chi connectivity index (χ4v) is 4.40. The number of nitrogens with zero attached hydrogens (tertiary/aromatic N) is 1. The number of carbonyl (C=O) groups is 2. The van der Waals surface area contributed by atoms with Crippen LogP contribution in [0.15, 0.2) is 42.5 Å². The van der Waals surface area contributed by atoms with Gasteiger partial charge in [0.15, 0.2) is 0 Å². The fraction of sp³-hybridized carbons (Fsp3) is 0.364. The van der Waals surface area contributed by atoms with Crippen molar-refractivity contribution >= 4 is 33.3 Å². The van der Waals surface area contributed by atoms with Crippen molar-refractivity contribution in [2.24, 2.45) is 0 Å². The van der Waals surface area contributed by atoms with Crippen LogP contribution >= 0.6 is 0 Å². The van der Waals surface area contributed by atoms with Crippen LogP contribution in [0.4, 0.5) is 11.4 Å². The lowest BCUT2D eigenvalue weighted by Crippen LogP contribution is -2.30. The summed E-state index contributed by atoms with van der Waals surface area (Å²) in [6.45, 7) is 4.43. The van der Waals surface area contributed by atoms with E-state index in [1.807, 2.05) is 6.92 Å². The molecular weight excluding hydrogens is 404 g/mol. The number of nitrogens with one attached hydrogen (secondary N) is 1. The Hall–Kier alpha value is -2.87. The van der Waals surface area contributed by atoms with E-state index in [4.69, 9.17) is 4.74 Å². The van der Waals surface area contributed by atoms with Crippen LogP contribution in [0.25, 0.3) is 0 Å². The summed E-state index contributed by atoms with van der Waals surface area (Å²) < 4.78 is 30.9. The third kappa shape index (κ3) is 4.81. The number of hydrogen-bond donors (Lipinski definition) is 1. The molecule has 3 rings (SSSR count). The molecule has 8 heteroatoms. The first-order chi connectivity index (χ1) is 14.4. The van der Waals surface area contributed by atoms with Gasteiger partial charge in [0, 0.05) is 17.8 Å². The van der Waals surface area contributed by atoms with Crippen molar-refractivity contribution in [1.29, 1.82) is 0 Å². The van der Waals surface area contributed by atoms with E-state index in [-0.39, 0.29) is 17.6 Å². The van der Waals surface area contributed by atoms with Crippen molar-refractivity contribution < 1.29 is 22.7 Å². The van der Waals surface area contributed by atoms with Crippen LogP contribution < -0.4 is 9.62 Å². The van der Waals surface area contributed by atoms with Crippen LogP contribution in [-0.2, 0) is 21.2 Å². The standard InChI is InChI=1S/C22H26N2O5S/c1-3-5-14-29-22(26)16-6-9-19(10-7-16)23-21(25)18-8-11-20-17(15-18)12-13-24(20)30(27,28)4-2/h6-11,15H,3-5,12-14H2,1-2H3,(H,23,25). The summed E-state index contributed by atoms with van der Waals surface area (Å²) in [7, 11) is -3.32. The zero-order valence-electron chi connectivity index (χ0n) is 17.2. The summed E-state index contributed by atoms with van der Waals surface area (Å²) in [6, 6.07) is 11.6. The number of hydrogen-bond acceptors (Lipinski definition) is 5. The highest BCUT2D eigenvalue weighted by molar-refractivity contribution is 7.92. The average Bonchev–Trinajstić information content (AvgIpc) is 3.18. The van der Waals surface area contributed by atoms with E-state index < -0.39 is 10.0 Å². The van der Waals surface area contributed by atoms with E-state index in [0.29, 0.717) is 42.1 Å². The number of rotatable bonds is 8. The Balaban J connectivity index is 1.66. The first-order valence-corrected chi connectivity index (χ1v) is 11.7. The number of esters is 1. The molecule has 0 aromatic heterocycles. The highest BCUT2D eigenvalue weighted by atomic mass is 32.2. The van der Waals surface area contributed by atoms with Crippen LogP contribution in [0.1, 0.15) is 53.0 Å². The van der Waals surface area contributed by atoms with Crippen molar-refractivity contribution in [3.05, 3.63) is 59.2 Å². The van der Waals surface area contributed by atoms with Crippen molar-refractivity contribution in [3.63, 3.8) is 0 Å². The van der Waals surface area contributed by atoms with E-state index >= 15 is 0 Å². The van der Waals surface area contributed by atoms with Gasteiger partial charge in [-0.3, -0.25) is 9.10 Å². The van der Waals surface area contributed by atoms with Gasteiger partial charge in [0.1, 0.15) is 0 Å². The summed E-state index contributed by atoms with van der Waals surface area (Å²) in [4.78, 5) is 24.6. The van der Waals surface area contributed by atoms with Crippen LogP contribution in [0.2, 0.25) is 0 Å². The van der Waals surface area contributed by atoms with Crippen LogP contribution in [-0.4, -0.2) is 39.2 Å². The molecule has 7 nitrogen and oxygen atoms in total. The third-order valence-electron chi connectivity index (χ3n) is 5.00. The molecule has 0 saturated heterocycles. The predicted octanol–water partition coefficient (Wildman–Crippen LogP) is 3.61. The molecule has 0 saturated carbocycles. The first-order valence-electron chi connectivity index (χ1n) is 10.1. The van der Waals surface area contributed by atoms with E-state index in [1.165, 1.54) is 4.31 Å². The smallest absolute Gasteiger partial charge is 0.338 e. The van der Waals surface area contributed by atoms with E-state index in [0.717, 1.165) is 18.4 Å². The Bertz CT molecular complexity index is 1030. The van der Waals surface area contributed by atoms with Gasteiger partial charge in [0.2, 0.25) is 10.0 Å². The van der Waals surface area contributed by atoms with Gasteiger partial charge < -0.3 is 10.1 Å². The number of ether oxygens (including phenoxy) is 1. The summed E-state index contributed by atoms with van der Waals surface area (Å²) in [5.41, 5.74) is 2.91. The van der Waals surface area contributed by atoms with Gasteiger partial charge in [-0.05, 0) is 67.8 Å². The number of benzene rings is 2. The quantitative estimate of drug-likeness (QED) is 0.510. The summed E-state index contributed by atoms with van der Waals surface area (Å²) in [5.74, 6) is -0.643. The van der Waals surface area contributed by atoms with Crippen molar-refractivity contribution in [3.8, 4) is 0 Å². The lowest BCUT2D eigenvalue weighted by molar-refractivity contribution is 0.0499. The molecule has 2 aromatic carbocycles. The second-order valence-corrected chi connectivity index (χ2v) is 9.27. The number of sulfonamides is 1. The molecule has 1 aliphatic rings.